The van der Waals surface area contributed by atoms with E-state index in [1.54, 1.807) is 18.2 Å². The first-order valence-electron chi connectivity index (χ1n) is 6.47. The molecule has 0 aliphatic heterocycles. The van der Waals surface area contributed by atoms with Gasteiger partial charge in [-0.25, -0.2) is 9.37 Å². The smallest absolute Gasteiger partial charge is 0.186 e. The third-order valence-electron chi connectivity index (χ3n) is 3.25. The van der Waals surface area contributed by atoms with Gasteiger partial charge in [0.15, 0.2) is 5.78 Å². The van der Waals surface area contributed by atoms with Crippen LogP contribution in [0, 0.1) is 5.82 Å². The van der Waals surface area contributed by atoms with E-state index in [9.17, 15) is 9.18 Å². The van der Waals surface area contributed by atoms with E-state index >= 15 is 0 Å². The molecule has 2 aromatic carbocycles. The second kappa shape index (κ2) is 5.74. The lowest BCUT2D eigenvalue weighted by molar-refractivity contribution is 0.0986. The summed E-state index contributed by atoms with van der Waals surface area (Å²) in [6.07, 6.45) is -0.00336. The summed E-state index contributed by atoms with van der Waals surface area (Å²) in [6, 6.07) is 15.7. The Balaban J connectivity index is 1.98. The van der Waals surface area contributed by atoms with Crippen LogP contribution in [0.2, 0.25) is 0 Å². The average Bonchev–Trinajstić information content (AvgIpc) is 2.49. The van der Waals surface area contributed by atoms with Gasteiger partial charge >= 0.3 is 0 Å². The predicted octanol–water partition coefficient (Wildman–Crippen LogP) is 4.56. The van der Waals surface area contributed by atoms with E-state index in [0.717, 1.165) is 10.9 Å². The molecule has 0 aliphatic rings. The van der Waals surface area contributed by atoms with Crippen molar-refractivity contribution in [3.8, 4) is 0 Å². The van der Waals surface area contributed by atoms with E-state index in [-0.39, 0.29) is 18.0 Å². The maximum absolute atomic E-state index is 13.6. The minimum Gasteiger partial charge on any atom is -0.292 e. The zero-order valence-electron chi connectivity index (χ0n) is 11.0. The summed E-state index contributed by atoms with van der Waals surface area (Å²) < 4.78 is 14.3. The van der Waals surface area contributed by atoms with E-state index in [2.05, 4.69) is 20.9 Å². The maximum atomic E-state index is 13.6. The second-order valence-electron chi connectivity index (χ2n) is 4.70. The number of carbonyl (C=O) groups excluding carboxylic acids is 1. The van der Waals surface area contributed by atoms with E-state index in [0.29, 0.717) is 15.7 Å². The molecule has 0 fully saturated rings. The fraction of sp³-hybridized carbons (Fsp3) is 0.0588. The molecule has 1 heterocycles. The average molecular weight is 344 g/mol. The van der Waals surface area contributed by atoms with E-state index in [4.69, 9.17) is 0 Å². The number of aromatic nitrogens is 1. The van der Waals surface area contributed by atoms with Gasteiger partial charge in [-0.1, -0.05) is 36.4 Å². The normalized spacial score (nSPS) is 10.8. The highest BCUT2D eigenvalue weighted by atomic mass is 79.9. The molecule has 0 saturated heterocycles. The van der Waals surface area contributed by atoms with Crippen LogP contribution in [0.25, 0.3) is 10.9 Å². The molecule has 0 aliphatic carbocycles. The van der Waals surface area contributed by atoms with Crippen LogP contribution >= 0.6 is 15.9 Å². The van der Waals surface area contributed by atoms with Crippen molar-refractivity contribution in [1.29, 1.82) is 0 Å². The van der Waals surface area contributed by atoms with Crippen molar-refractivity contribution in [2.75, 3.05) is 0 Å². The first-order valence-corrected chi connectivity index (χ1v) is 7.26. The minimum absolute atomic E-state index is 0.00336. The van der Waals surface area contributed by atoms with Crippen molar-refractivity contribution in [2.24, 2.45) is 0 Å². The van der Waals surface area contributed by atoms with Crippen LogP contribution in [0.3, 0.4) is 0 Å². The maximum Gasteiger partial charge on any atom is 0.186 e. The van der Waals surface area contributed by atoms with Crippen molar-refractivity contribution < 1.29 is 9.18 Å². The Kier molecular flexibility index (Phi) is 3.80. The van der Waals surface area contributed by atoms with Gasteiger partial charge in [0.05, 0.1) is 5.52 Å². The van der Waals surface area contributed by atoms with Crippen LogP contribution in [-0.2, 0) is 6.42 Å². The van der Waals surface area contributed by atoms with Crippen LogP contribution in [0.4, 0.5) is 4.39 Å². The number of fused-ring (bicyclic) bond motifs is 1. The topological polar surface area (TPSA) is 30.0 Å². The number of benzene rings is 2. The number of Topliss-reactive ketones (excluding diaryl/α,β-unsaturated/α-hetero) is 1. The Morgan fingerprint density at radius 1 is 1.10 bits per heavy atom. The van der Waals surface area contributed by atoms with Crippen LogP contribution < -0.4 is 0 Å². The Morgan fingerprint density at radius 3 is 2.62 bits per heavy atom. The fourth-order valence-corrected chi connectivity index (χ4v) is 2.74. The Labute approximate surface area is 129 Å². The van der Waals surface area contributed by atoms with Gasteiger partial charge < -0.3 is 0 Å². The molecule has 4 heteroatoms. The van der Waals surface area contributed by atoms with E-state index < -0.39 is 0 Å². The quantitative estimate of drug-likeness (QED) is 0.652. The number of ketones is 1. The highest BCUT2D eigenvalue weighted by Crippen LogP contribution is 2.23. The highest BCUT2D eigenvalue weighted by molar-refractivity contribution is 9.10. The van der Waals surface area contributed by atoms with Crippen LogP contribution in [0.5, 0.6) is 0 Å². The SMILES string of the molecule is O=C(Cc1ccccc1F)c1nc2ccccc2cc1Br. The molecule has 3 aromatic rings. The van der Waals surface area contributed by atoms with Crippen LogP contribution in [-0.4, -0.2) is 10.8 Å². The summed E-state index contributed by atoms with van der Waals surface area (Å²) in [5, 5.41) is 0.951. The molecule has 0 saturated carbocycles. The standard InChI is InChI=1S/C17H11BrFNO/c18-13-9-12-6-2-4-8-15(12)20-17(13)16(21)10-11-5-1-3-7-14(11)19/h1-9H,10H2. The van der Waals surface area contributed by atoms with Gasteiger partial charge in [0, 0.05) is 16.3 Å². The number of pyridine rings is 1. The zero-order valence-corrected chi connectivity index (χ0v) is 12.6. The molecule has 104 valence electrons. The fourth-order valence-electron chi connectivity index (χ4n) is 2.18. The number of carbonyl (C=O) groups is 1. The van der Waals surface area contributed by atoms with Crippen LogP contribution in [0.1, 0.15) is 16.1 Å². The van der Waals surface area contributed by atoms with Gasteiger partial charge in [-0.3, -0.25) is 4.79 Å². The Hall–Kier alpha value is -2.07. The number of hydrogen-bond acceptors (Lipinski definition) is 2. The lowest BCUT2D eigenvalue weighted by Gasteiger charge is -2.06. The number of para-hydroxylation sites is 1. The molecule has 0 unspecified atom stereocenters. The first-order chi connectivity index (χ1) is 10.1. The molecule has 0 spiro atoms. The second-order valence-corrected chi connectivity index (χ2v) is 5.56. The van der Waals surface area contributed by atoms with Crippen molar-refractivity contribution >= 4 is 32.6 Å². The van der Waals surface area contributed by atoms with Crippen molar-refractivity contribution in [3.63, 3.8) is 0 Å². The van der Waals surface area contributed by atoms with Crippen molar-refractivity contribution in [3.05, 3.63) is 76.1 Å². The summed E-state index contributed by atoms with van der Waals surface area (Å²) in [5.74, 6) is -0.583. The van der Waals surface area contributed by atoms with Gasteiger partial charge in [0.2, 0.25) is 0 Å². The minimum atomic E-state index is -0.372. The predicted molar refractivity (Wildman–Crippen MR) is 83.9 cm³/mol. The number of nitrogens with zero attached hydrogens (tertiary/aromatic N) is 1. The van der Waals surface area contributed by atoms with Gasteiger partial charge in [0.25, 0.3) is 0 Å². The van der Waals surface area contributed by atoms with Crippen molar-refractivity contribution in [2.45, 2.75) is 6.42 Å². The van der Waals surface area contributed by atoms with Gasteiger partial charge in [-0.2, -0.15) is 0 Å². The van der Waals surface area contributed by atoms with Crippen LogP contribution in [0.15, 0.2) is 59.1 Å². The third-order valence-corrected chi connectivity index (χ3v) is 3.85. The third kappa shape index (κ3) is 2.85. The number of hydrogen-bond donors (Lipinski definition) is 0. The molecular weight excluding hydrogens is 333 g/mol. The summed E-state index contributed by atoms with van der Waals surface area (Å²) in [5.41, 5.74) is 1.46. The number of rotatable bonds is 3. The molecule has 0 atom stereocenters. The lowest BCUT2D eigenvalue weighted by Crippen LogP contribution is -2.08. The summed E-state index contributed by atoms with van der Waals surface area (Å²) in [6.45, 7) is 0. The molecule has 0 radical (unpaired) electrons. The van der Waals surface area contributed by atoms with Gasteiger partial charge in [0.1, 0.15) is 11.5 Å². The first kappa shape index (κ1) is 13.9. The monoisotopic (exact) mass is 343 g/mol. The molecule has 0 amide bonds. The largest absolute Gasteiger partial charge is 0.292 e. The number of halogens is 2. The lowest BCUT2D eigenvalue weighted by atomic mass is 10.1. The molecule has 1 aromatic heterocycles. The molecule has 2 nitrogen and oxygen atoms in total. The zero-order chi connectivity index (χ0) is 14.8. The summed E-state index contributed by atoms with van der Waals surface area (Å²) >= 11 is 3.37. The van der Waals surface area contributed by atoms with Gasteiger partial charge in [-0.05, 0) is 39.7 Å². The van der Waals surface area contributed by atoms with Gasteiger partial charge in [-0.15, -0.1) is 0 Å². The molecule has 21 heavy (non-hydrogen) atoms. The molecule has 0 bridgehead atoms. The molecular formula is C17H11BrFNO. The van der Waals surface area contributed by atoms with E-state index in [1.165, 1.54) is 6.07 Å². The Morgan fingerprint density at radius 2 is 1.81 bits per heavy atom. The Bertz CT molecular complexity index is 832. The highest BCUT2D eigenvalue weighted by Gasteiger charge is 2.15. The van der Waals surface area contributed by atoms with E-state index in [1.807, 2.05) is 30.3 Å². The summed E-state index contributed by atoms with van der Waals surface area (Å²) in [7, 11) is 0. The molecule has 0 N–H and O–H groups in total. The molecule has 3 rings (SSSR count). The summed E-state index contributed by atoms with van der Waals surface area (Å²) in [4.78, 5) is 16.8. The van der Waals surface area contributed by atoms with Crippen molar-refractivity contribution in [1.82, 2.24) is 4.98 Å².